The number of benzene rings is 1. The first-order valence-electron chi connectivity index (χ1n) is 5.20. The number of hydrogen-bond donors (Lipinski definition) is 2. The van der Waals surface area contributed by atoms with Gasteiger partial charge in [-0.05, 0) is 18.2 Å². The minimum Gasteiger partial charge on any atom is -0.396 e. The van der Waals surface area contributed by atoms with Gasteiger partial charge in [-0.25, -0.2) is 0 Å². The minimum atomic E-state index is -0.305. The van der Waals surface area contributed by atoms with Gasteiger partial charge in [0.05, 0.1) is 23.5 Å². The highest BCUT2D eigenvalue weighted by atomic mass is 16.2. The third-order valence-electron chi connectivity index (χ3n) is 2.55. The van der Waals surface area contributed by atoms with Crippen LogP contribution in [0.15, 0.2) is 30.5 Å². The van der Waals surface area contributed by atoms with E-state index in [0.717, 1.165) is 0 Å². The Kier molecular flexibility index (Phi) is 2.98. The molecule has 0 aliphatic rings. The highest BCUT2D eigenvalue weighted by Gasteiger charge is 2.17. The predicted molar refractivity (Wildman–Crippen MR) is 66.9 cm³/mol. The molecular weight excluding hydrogens is 230 g/mol. The van der Waals surface area contributed by atoms with Crippen molar-refractivity contribution >= 4 is 17.3 Å². The molecule has 0 spiro atoms. The molecule has 18 heavy (non-hydrogen) atoms. The number of nitrogen functional groups attached to an aromatic ring is 1. The number of amides is 1. The van der Waals surface area contributed by atoms with Crippen molar-refractivity contribution in [2.75, 3.05) is 17.7 Å². The number of nitriles is 1. The number of H-pyrrole nitrogens is 1. The van der Waals surface area contributed by atoms with Crippen LogP contribution in [0.5, 0.6) is 0 Å². The second-order valence-corrected chi connectivity index (χ2v) is 3.73. The molecule has 1 amide bonds. The van der Waals surface area contributed by atoms with Crippen LogP contribution in [-0.2, 0) is 0 Å². The normalized spacial score (nSPS) is 9.78. The van der Waals surface area contributed by atoms with Crippen molar-refractivity contribution in [2.24, 2.45) is 0 Å². The Morgan fingerprint density at radius 3 is 2.94 bits per heavy atom. The summed E-state index contributed by atoms with van der Waals surface area (Å²) in [5.74, 6) is -0.305. The second kappa shape index (κ2) is 4.59. The van der Waals surface area contributed by atoms with E-state index in [1.54, 1.807) is 31.3 Å². The number of nitrogens with zero attached hydrogens (tertiary/aromatic N) is 3. The van der Waals surface area contributed by atoms with E-state index in [0.29, 0.717) is 16.9 Å². The lowest BCUT2D eigenvalue weighted by molar-refractivity contribution is 0.0989. The first-order chi connectivity index (χ1) is 8.63. The van der Waals surface area contributed by atoms with Gasteiger partial charge in [-0.3, -0.25) is 9.89 Å². The number of aromatic amines is 1. The molecular formula is C12H11N5O. The lowest BCUT2D eigenvalue weighted by Gasteiger charge is -2.16. The molecule has 0 aliphatic heterocycles. The van der Waals surface area contributed by atoms with E-state index < -0.39 is 0 Å². The molecule has 0 bridgehead atoms. The SMILES string of the molecule is CN(C(=O)c1[nH]ncc1N)c1cccc(C#N)c1. The van der Waals surface area contributed by atoms with E-state index in [1.807, 2.05) is 6.07 Å². The average Bonchev–Trinajstić information content (AvgIpc) is 2.83. The van der Waals surface area contributed by atoms with E-state index in [9.17, 15) is 4.79 Å². The van der Waals surface area contributed by atoms with Crippen molar-refractivity contribution in [3.8, 4) is 6.07 Å². The van der Waals surface area contributed by atoms with Crippen molar-refractivity contribution in [1.29, 1.82) is 5.26 Å². The van der Waals surface area contributed by atoms with Gasteiger partial charge < -0.3 is 10.6 Å². The maximum Gasteiger partial charge on any atom is 0.278 e. The third kappa shape index (κ3) is 2.01. The first kappa shape index (κ1) is 11.7. The molecule has 90 valence electrons. The fraction of sp³-hybridized carbons (Fsp3) is 0.0833. The summed E-state index contributed by atoms with van der Waals surface area (Å²) >= 11 is 0. The van der Waals surface area contributed by atoms with Gasteiger partial charge in [0.25, 0.3) is 5.91 Å². The quantitative estimate of drug-likeness (QED) is 0.823. The number of rotatable bonds is 2. The number of nitrogens with two attached hydrogens (primary N) is 1. The van der Waals surface area contributed by atoms with Crippen LogP contribution in [0.2, 0.25) is 0 Å². The molecule has 1 aromatic heterocycles. The number of aromatic nitrogens is 2. The van der Waals surface area contributed by atoms with Crippen LogP contribution in [0.3, 0.4) is 0 Å². The molecule has 3 N–H and O–H groups in total. The van der Waals surface area contributed by atoms with Crippen molar-refractivity contribution < 1.29 is 4.79 Å². The van der Waals surface area contributed by atoms with E-state index in [2.05, 4.69) is 10.2 Å². The van der Waals surface area contributed by atoms with Gasteiger partial charge in [0.15, 0.2) is 0 Å². The van der Waals surface area contributed by atoms with E-state index in [-0.39, 0.29) is 11.6 Å². The molecule has 0 fully saturated rings. The van der Waals surface area contributed by atoms with E-state index in [1.165, 1.54) is 11.1 Å². The van der Waals surface area contributed by atoms with Crippen molar-refractivity contribution in [1.82, 2.24) is 10.2 Å². The van der Waals surface area contributed by atoms with Crippen LogP contribution in [0, 0.1) is 11.3 Å². The molecule has 0 radical (unpaired) electrons. The topological polar surface area (TPSA) is 98.8 Å². The Bertz CT molecular complexity index is 625. The van der Waals surface area contributed by atoms with Gasteiger partial charge in [0, 0.05) is 12.7 Å². The van der Waals surface area contributed by atoms with Gasteiger partial charge in [0.1, 0.15) is 5.69 Å². The zero-order valence-corrected chi connectivity index (χ0v) is 9.71. The maximum atomic E-state index is 12.1. The van der Waals surface area contributed by atoms with Crippen LogP contribution in [0.4, 0.5) is 11.4 Å². The minimum absolute atomic E-state index is 0.236. The zero-order valence-electron chi connectivity index (χ0n) is 9.71. The summed E-state index contributed by atoms with van der Waals surface area (Å²) in [7, 11) is 1.61. The van der Waals surface area contributed by atoms with Gasteiger partial charge in [-0.1, -0.05) is 6.07 Å². The Hall–Kier alpha value is -2.81. The molecule has 6 heteroatoms. The molecule has 0 saturated carbocycles. The van der Waals surface area contributed by atoms with Gasteiger partial charge in [0.2, 0.25) is 0 Å². The average molecular weight is 241 g/mol. The fourth-order valence-electron chi connectivity index (χ4n) is 1.54. The number of anilines is 2. The summed E-state index contributed by atoms with van der Waals surface area (Å²) in [6.45, 7) is 0. The van der Waals surface area contributed by atoms with Crippen molar-refractivity contribution in [3.05, 3.63) is 41.7 Å². The molecule has 0 atom stereocenters. The van der Waals surface area contributed by atoms with Crippen LogP contribution in [0.25, 0.3) is 0 Å². The molecule has 1 aromatic carbocycles. The predicted octanol–water partition coefficient (Wildman–Crippen LogP) is 1.14. The monoisotopic (exact) mass is 241 g/mol. The van der Waals surface area contributed by atoms with Gasteiger partial charge in [-0.15, -0.1) is 0 Å². The molecule has 2 rings (SSSR count). The molecule has 0 unspecified atom stereocenters. The Morgan fingerprint density at radius 1 is 1.56 bits per heavy atom. The standard InChI is InChI=1S/C12H11N5O/c1-17(9-4-2-3-8(5-9)6-13)12(18)11-10(14)7-15-16-11/h2-5,7H,14H2,1H3,(H,15,16). The third-order valence-corrected chi connectivity index (χ3v) is 2.55. The lowest BCUT2D eigenvalue weighted by atomic mass is 10.2. The summed E-state index contributed by atoms with van der Waals surface area (Å²) < 4.78 is 0. The number of carbonyl (C=O) groups excluding carboxylic acids is 1. The smallest absolute Gasteiger partial charge is 0.278 e. The number of hydrogen-bond acceptors (Lipinski definition) is 4. The van der Waals surface area contributed by atoms with Crippen molar-refractivity contribution in [2.45, 2.75) is 0 Å². The molecule has 0 saturated heterocycles. The Labute approximate surface area is 104 Å². The fourth-order valence-corrected chi connectivity index (χ4v) is 1.54. The molecule has 2 aromatic rings. The second-order valence-electron chi connectivity index (χ2n) is 3.73. The van der Waals surface area contributed by atoms with E-state index in [4.69, 9.17) is 11.0 Å². The number of carbonyl (C=O) groups is 1. The Balaban J connectivity index is 2.32. The zero-order chi connectivity index (χ0) is 13.1. The summed E-state index contributed by atoms with van der Waals surface area (Å²) in [4.78, 5) is 13.5. The van der Waals surface area contributed by atoms with Gasteiger partial charge in [-0.2, -0.15) is 10.4 Å². The molecule has 0 aliphatic carbocycles. The summed E-state index contributed by atoms with van der Waals surface area (Å²) in [6.07, 6.45) is 1.38. The first-order valence-corrected chi connectivity index (χ1v) is 5.20. The number of nitrogens with one attached hydrogen (secondary N) is 1. The Morgan fingerprint density at radius 2 is 2.33 bits per heavy atom. The summed E-state index contributed by atoms with van der Waals surface area (Å²) in [6, 6.07) is 8.78. The van der Waals surface area contributed by atoms with E-state index >= 15 is 0 Å². The largest absolute Gasteiger partial charge is 0.396 e. The maximum absolute atomic E-state index is 12.1. The van der Waals surface area contributed by atoms with Gasteiger partial charge >= 0.3 is 0 Å². The molecule has 1 heterocycles. The van der Waals surface area contributed by atoms with Crippen LogP contribution in [0.1, 0.15) is 16.1 Å². The van der Waals surface area contributed by atoms with Crippen LogP contribution in [-0.4, -0.2) is 23.2 Å². The molecule has 6 nitrogen and oxygen atoms in total. The highest BCUT2D eigenvalue weighted by molar-refractivity contribution is 6.07. The van der Waals surface area contributed by atoms with Crippen molar-refractivity contribution in [3.63, 3.8) is 0 Å². The van der Waals surface area contributed by atoms with Crippen LogP contribution < -0.4 is 10.6 Å². The highest BCUT2D eigenvalue weighted by Crippen LogP contribution is 2.18. The summed E-state index contributed by atoms with van der Waals surface area (Å²) in [5, 5.41) is 15.1. The van der Waals surface area contributed by atoms with Crippen LogP contribution >= 0.6 is 0 Å². The lowest BCUT2D eigenvalue weighted by Crippen LogP contribution is -2.27. The summed E-state index contributed by atoms with van der Waals surface area (Å²) in [5.41, 5.74) is 7.26.